The Morgan fingerprint density at radius 2 is 2.25 bits per heavy atom. The Balaban J connectivity index is 2.12. The molecule has 16 heavy (non-hydrogen) atoms. The van der Waals surface area contributed by atoms with E-state index in [1.165, 1.54) is 0 Å². The number of aromatic nitrogens is 3. The minimum atomic E-state index is 0.527. The molecule has 0 aliphatic heterocycles. The monoisotopic (exact) mass is 218 g/mol. The molecule has 2 aromatic heterocycles. The van der Waals surface area contributed by atoms with Crippen LogP contribution >= 0.6 is 0 Å². The maximum atomic E-state index is 5.49. The van der Waals surface area contributed by atoms with Crippen molar-refractivity contribution in [3.63, 3.8) is 0 Å². The van der Waals surface area contributed by atoms with E-state index in [0.717, 1.165) is 18.1 Å². The van der Waals surface area contributed by atoms with Crippen molar-refractivity contribution >= 4 is 5.82 Å². The number of ether oxygens (including phenoxy) is 1. The third kappa shape index (κ3) is 2.50. The maximum Gasteiger partial charge on any atom is 0.240 e. The second kappa shape index (κ2) is 4.65. The van der Waals surface area contributed by atoms with Gasteiger partial charge in [-0.05, 0) is 19.9 Å². The number of hydrogen-bond donors (Lipinski definition) is 2. The first-order valence-corrected chi connectivity index (χ1v) is 5.18. The van der Waals surface area contributed by atoms with E-state index in [0.29, 0.717) is 11.8 Å². The van der Waals surface area contributed by atoms with Crippen LogP contribution in [0.3, 0.4) is 0 Å². The third-order valence-corrected chi connectivity index (χ3v) is 1.97. The van der Waals surface area contributed by atoms with E-state index >= 15 is 0 Å². The standard InChI is InChI=1S/C11H14N4O/c1-3-12-9-5-4-6-10(13-9)16-11-7-8(2)14-15-11/h4-7H,3H2,1-2H3,(H,12,13)(H,14,15). The summed E-state index contributed by atoms with van der Waals surface area (Å²) in [5.74, 6) is 1.86. The lowest BCUT2D eigenvalue weighted by Gasteiger charge is -2.04. The molecule has 2 rings (SSSR count). The fourth-order valence-corrected chi connectivity index (χ4v) is 1.30. The van der Waals surface area contributed by atoms with Crippen molar-refractivity contribution in [3.05, 3.63) is 30.0 Å². The van der Waals surface area contributed by atoms with Crippen LogP contribution in [0.1, 0.15) is 12.6 Å². The number of nitrogens with one attached hydrogen (secondary N) is 2. The molecule has 0 fully saturated rings. The first-order chi connectivity index (χ1) is 7.78. The normalized spacial score (nSPS) is 10.1. The van der Waals surface area contributed by atoms with Gasteiger partial charge in [0.2, 0.25) is 11.8 Å². The van der Waals surface area contributed by atoms with Gasteiger partial charge >= 0.3 is 0 Å². The minimum Gasteiger partial charge on any atom is -0.419 e. The predicted octanol–water partition coefficient (Wildman–Crippen LogP) is 2.34. The Labute approximate surface area is 93.9 Å². The molecule has 5 nitrogen and oxygen atoms in total. The quantitative estimate of drug-likeness (QED) is 0.826. The number of hydrogen-bond acceptors (Lipinski definition) is 4. The van der Waals surface area contributed by atoms with Gasteiger partial charge in [0, 0.05) is 24.4 Å². The zero-order valence-corrected chi connectivity index (χ0v) is 9.32. The average molecular weight is 218 g/mol. The number of anilines is 1. The highest BCUT2D eigenvalue weighted by Crippen LogP contribution is 2.18. The summed E-state index contributed by atoms with van der Waals surface area (Å²) in [6, 6.07) is 7.40. The van der Waals surface area contributed by atoms with Gasteiger partial charge < -0.3 is 10.1 Å². The van der Waals surface area contributed by atoms with Gasteiger partial charge in [0.1, 0.15) is 5.82 Å². The van der Waals surface area contributed by atoms with Crippen molar-refractivity contribution in [1.82, 2.24) is 15.2 Å². The molecule has 0 aliphatic rings. The van der Waals surface area contributed by atoms with Crippen LogP contribution in [0.5, 0.6) is 11.8 Å². The van der Waals surface area contributed by atoms with Gasteiger partial charge in [-0.2, -0.15) is 4.98 Å². The molecule has 0 amide bonds. The maximum absolute atomic E-state index is 5.49. The Morgan fingerprint density at radius 3 is 2.94 bits per heavy atom. The van der Waals surface area contributed by atoms with Crippen LogP contribution in [-0.2, 0) is 0 Å². The number of pyridine rings is 1. The smallest absolute Gasteiger partial charge is 0.240 e. The zero-order chi connectivity index (χ0) is 11.4. The molecule has 2 heterocycles. The molecule has 2 aromatic rings. The van der Waals surface area contributed by atoms with Gasteiger partial charge in [0.05, 0.1) is 0 Å². The summed E-state index contributed by atoms with van der Waals surface area (Å²) in [5, 5.41) is 9.91. The fraction of sp³-hybridized carbons (Fsp3) is 0.273. The van der Waals surface area contributed by atoms with Crippen molar-refractivity contribution in [2.75, 3.05) is 11.9 Å². The number of nitrogens with zero attached hydrogens (tertiary/aromatic N) is 2. The average Bonchev–Trinajstić information content (AvgIpc) is 2.65. The summed E-state index contributed by atoms with van der Waals surface area (Å²) in [5.41, 5.74) is 0.956. The lowest BCUT2D eigenvalue weighted by molar-refractivity contribution is 0.444. The van der Waals surface area contributed by atoms with Crippen LogP contribution < -0.4 is 10.1 Å². The predicted molar refractivity (Wildman–Crippen MR) is 61.8 cm³/mol. The summed E-state index contributed by atoms with van der Waals surface area (Å²) < 4.78 is 5.49. The van der Waals surface area contributed by atoms with E-state index < -0.39 is 0 Å². The number of rotatable bonds is 4. The summed E-state index contributed by atoms with van der Waals surface area (Å²) >= 11 is 0. The minimum absolute atomic E-state index is 0.527. The Hall–Kier alpha value is -2.04. The van der Waals surface area contributed by atoms with Crippen LogP contribution in [0.4, 0.5) is 5.82 Å². The molecule has 0 aliphatic carbocycles. The lowest BCUT2D eigenvalue weighted by Crippen LogP contribution is -1.99. The molecule has 0 saturated heterocycles. The molecule has 0 atom stereocenters. The molecule has 0 bridgehead atoms. The largest absolute Gasteiger partial charge is 0.419 e. The molecule has 0 radical (unpaired) electrons. The summed E-state index contributed by atoms with van der Waals surface area (Å²) in [6.45, 7) is 4.77. The molecule has 84 valence electrons. The van der Waals surface area contributed by atoms with Gasteiger partial charge in [-0.1, -0.05) is 6.07 Å². The summed E-state index contributed by atoms with van der Waals surface area (Å²) in [4.78, 5) is 4.28. The van der Waals surface area contributed by atoms with Crippen molar-refractivity contribution in [1.29, 1.82) is 0 Å². The van der Waals surface area contributed by atoms with E-state index in [2.05, 4.69) is 20.5 Å². The van der Waals surface area contributed by atoms with E-state index in [1.807, 2.05) is 32.0 Å². The zero-order valence-electron chi connectivity index (χ0n) is 9.32. The van der Waals surface area contributed by atoms with Crippen molar-refractivity contribution in [2.45, 2.75) is 13.8 Å². The highest BCUT2D eigenvalue weighted by Gasteiger charge is 2.02. The highest BCUT2D eigenvalue weighted by atomic mass is 16.5. The molecule has 0 spiro atoms. The molecule has 5 heteroatoms. The Morgan fingerprint density at radius 1 is 1.38 bits per heavy atom. The number of aryl methyl sites for hydroxylation is 1. The van der Waals surface area contributed by atoms with Gasteiger partial charge in [-0.15, -0.1) is 5.10 Å². The van der Waals surface area contributed by atoms with Crippen LogP contribution in [0, 0.1) is 6.92 Å². The number of H-pyrrole nitrogens is 1. The van der Waals surface area contributed by atoms with Crippen LogP contribution in [-0.4, -0.2) is 21.7 Å². The molecule has 0 unspecified atom stereocenters. The Bertz CT molecular complexity index is 467. The van der Waals surface area contributed by atoms with E-state index in [4.69, 9.17) is 4.74 Å². The van der Waals surface area contributed by atoms with Crippen LogP contribution in [0.15, 0.2) is 24.3 Å². The third-order valence-electron chi connectivity index (χ3n) is 1.97. The highest BCUT2D eigenvalue weighted by molar-refractivity contribution is 5.37. The SMILES string of the molecule is CCNc1cccc(Oc2cc(C)[nH]n2)n1. The van der Waals surface area contributed by atoms with Crippen LogP contribution in [0.25, 0.3) is 0 Å². The van der Waals surface area contributed by atoms with E-state index in [-0.39, 0.29) is 0 Å². The van der Waals surface area contributed by atoms with Gasteiger partial charge in [0.15, 0.2) is 0 Å². The summed E-state index contributed by atoms with van der Waals surface area (Å²) in [7, 11) is 0. The first-order valence-electron chi connectivity index (χ1n) is 5.18. The molecular formula is C11H14N4O. The first kappa shape index (κ1) is 10.5. The topological polar surface area (TPSA) is 62.8 Å². The fourth-order valence-electron chi connectivity index (χ4n) is 1.30. The lowest BCUT2D eigenvalue weighted by atomic mass is 10.4. The second-order valence-corrected chi connectivity index (χ2v) is 3.38. The van der Waals surface area contributed by atoms with Crippen molar-refractivity contribution in [3.8, 4) is 11.8 Å². The molecule has 0 aromatic carbocycles. The molecule has 0 saturated carbocycles. The van der Waals surface area contributed by atoms with Crippen molar-refractivity contribution < 1.29 is 4.74 Å². The Kier molecular flexibility index (Phi) is 3.05. The van der Waals surface area contributed by atoms with E-state index in [9.17, 15) is 0 Å². The van der Waals surface area contributed by atoms with Gasteiger partial charge in [-0.25, -0.2) is 0 Å². The molecule has 2 N–H and O–H groups in total. The molecular weight excluding hydrogens is 204 g/mol. The van der Waals surface area contributed by atoms with Crippen LogP contribution in [0.2, 0.25) is 0 Å². The number of aromatic amines is 1. The summed E-state index contributed by atoms with van der Waals surface area (Å²) in [6.07, 6.45) is 0. The van der Waals surface area contributed by atoms with Crippen molar-refractivity contribution in [2.24, 2.45) is 0 Å². The second-order valence-electron chi connectivity index (χ2n) is 3.38. The van der Waals surface area contributed by atoms with Gasteiger partial charge in [-0.3, -0.25) is 5.10 Å². The van der Waals surface area contributed by atoms with E-state index in [1.54, 1.807) is 6.07 Å². The van der Waals surface area contributed by atoms with Gasteiger partial charge in [0.25, 0.3) is 0 Å².